The molecule has 3 atom stereocenters. The van der Waals surface area contributed by atoms with Crippen LogP contribution in [0.5, 0.6) is 0 Å². The highest BCUT2D eigenvalue weighted by molar-refractivity contribution is 5.15. The van der Waals surface area contributed by atoms with Crippen molar-refractivity contribution in [2.24, 2.45) is 11.8 Å². The Balaban J connectivity index is 1.71. The van der Waals surface area contributed by atoms with Gasteiger partial charge in [0.25, 0.3) is 0 Å². The molecular weight excluding hydrogens is 206 g/mol. The van der Waals surface area contributed by atoms with Gasteiger partial charge < -0.3 is 0 Å². The molecule has 0 amide bonds. The summed E-state index contributed by atoms with van der Waals surface area (Å²) in [5, 5.41) is 0. The van der Waals surface area contributed by atoms with E-state index in [9.17, 15) is 0 Å². The van der Waals surface area contributed by atoms with Crippen molar-refractivity contribution in [2.45, 2.75) is 45.2 Å². The average molecular weight is 229 g/mol. The first-order valence-corrected chi connectivity index (χ1v) is 7.12. The van der Waals surface area contributed by atoms with Gasteiger partial charge in [0.05, 0.1) is 0 Å². The summed E-state index contributed by atoms with van der Waals surface area (Å²) in [4.78, 5) is 2.74. The molecule has 1 aliphatic heterocycles. The topological polar surface area (TPSA) is 3.24 Å². The molecule has 1 heterocycles. The third-order valence-corrected chi connectivity index (χ3v) is 4.73. The van der Waals surface area contributed by atoms with E-state index in [1.807, 2.05) is 0 Å². The van der Waals surface area contributed by atoms with Gasteiger partial charge in [-0.3, -0.25) is 4.90 Å². The van der Waals surface area contributed by atoms with E-state index < -0.39 is 0 Å². The Morgan fingerprint density at radius 2 is 1.88 bits per heavy atom. The van der Waals surface area contributed by atoms with Crippen LogP contribution in [0.1, 0.15) is 38.2 Å². The van der Waals surface area contributed by atoms with Crippen molar-refractivity contribution in [3.05, 3.63) is 35.9 Å². The van der Waals surface area contributed by atoms with Crippen LogP contribution in [0.3, 0.4) is 0 Å². The fraction of sp³-hybridized carbons (Fsp3) is 0.625. The van der Waals surface area contributed by atoms with Crippen molar-refractivity contribution in [1.29, 1.82) is 0 Å². The van der Waals surface area contributed by atoms with Crippen LogP contribution in [0.25, 0.3) is 0 Å². The quantitative estimate of drug-likeness (QED) is 0.747. The molecule has 1 nitrogen and oxygen atoms in total. The molecule has 0 aromatic heterocycles. The van der Waals surface area contributed by atoms with Crippen molar-refractivity contribution in [1.82, 2.24) is 4.90 Å². The van der Waals surface area contributed by atoms with Crippen LogP contribution >= 0.6 is 0 Å². The number of nitrogens with zero attached hydrogens (tertiary/aromatic N) is 1. The highest BCUT2D eigenvalue weighted by atomic mass is 15.2. The molecule has 92 valence electrons. The first-order chi connectivity index (χ1) is 8.34. The van der Waals surface area contributed by atoms with E-state index in [0.29, 0.717) is 0 Å². The third-order valence-electron chi connectivity index (χ3n) is 4.73. The summed E-state index contributed by atoms with van der Waals surface area (Å²) in [5.41, 5.74) is 1.48. The number of hydrogen-bond donors (Lipinski definition) is 0. The predicted octanol–water partition coefficient (Wildman–Crippen LogP) is 3.70. The third kappa shape index (κ3) is 2.26. The second-order valence-corrected chi connectivity index (χ2v) is 5.91. The molecule has 0 unspecified atom stereocenters. The lowest BCUT2D eigenvalue weighted by molar-refractivity contribution is 0.173. The normalized spacial score (nSPS) is 33.6. The summed E-state index contributed by atoms with van der Waals surface area (Å²) >= 11 is 0. The van der Waals surface area contributed by atoms with Crippen molar-refractivity contribution in [3.8, 4) is 0 Å². The van der Waals surface area contributed by atoms with Gasteiger partial charge in [-0.1, -0.05) is 50.1 Å². The molecule has 1 heteroatoms. The maximum absolute atomic E-state index is 2.74. The Bertz CT molecular complexity index is 359. The first kappa shape index (κ1) is 11.3. The summed E-state index contributed by atoms with van der Waals surface area (Å²) in [6, 6.07) is 11.8. The number of fused-ring (bicyclic) bond motifs is 1. The minimum absolute atomic E-state index is 0.874. The van der Waals surface area contributed by atoms with E-state index in [-0.39, 0.29) is 0 Å². The van der Waals surface area contributed by atoms with Crippen LogP contribution in [-0.2, 0) is 6.54 Å². The van der Waals surface area contributed by atoms with Crippen LogP contribution in [0, 0.1) is 11.8 Å². The van der Waals surface area contributed by atoms with Crippen LogP contribution < -0.4 is 0 Å². The molecular formula is C16H23N. The SMILES string of the molecule is C[C@H]1CN(Cc2ccccc2)[C@@H]2CCCC[C@@H]21. The Hall–Kier alpha value is -0.820. The standard InChI is InChI=1S/C16H23N/c1-13-11-17(12-14-7-3-2-4-8-14)16-10-6-5-9-15(13)16/h2-4,7-8,13,15-16H,5-6,9-12H2,1H3/t13-,15+,16+/m0/s1. The van der Waals surface area contributed by atoms with Crippen LogP contribution in [-0.4, -0.2) is 17.5 Å². The monoisotopic (exact) mass is 229 g/mol. The molecule has 0 N–H and O–H groups in total. The molecule has 1 aliphatic carbocycles. The van der Waals surface area contributed by atoms with Gasteiger partial charge in [0.1, 0.15) is 0 Å². The largest absolute Gasteiger partial charge is 0.296 e. The molecule has 1 saturated carbocycles. The smallest absolute Gasteiger partial charge is 0.0236 e. The minimum atomic E-state index is 0.874. The summed E-state index contributed by atoms with van der Waals surface area (Å²) in [5.74, 6) is 1.89. The summed E-state index contributed by atoms with van der Waals surface area (Å²) < 4.78 is 0. The van der Waals surface area contributed by atoms with Crippen molar-refractivity contribution in [2.75, 3.05) is 6.54 Å². The van der Waals surface area contributed by atoms with Crippen molar-refractivity contribution >= 4 is 0 Å². The van der Waals surface area contributed by atoms with Crippen molar-refractivity contribution < 1.29 is 0 Å². The lowest BCUT2D eigenvalue weighted by Crippen LogP contribution is -2.34. The zero-order chi connectivity index (χ0) is 11.7. The van der Waals surface area contributed by atoms with Crippen molar-refractivity contribution in [3.63, 3.8) is 0 Å². The summed E-state index contributed by atoms with van der Waals surface area (Å²) in [6.45, 7) is 4.92. The number of likely N-dealkylation sites (tertiary alicyclic amines) is 1. The second-order valence-electron chi connectivity index (χ2n) is 5.91. The van der Waals surface area contributed by atoms with Gasteiger partial charge in [0, 0.05) is 19.1 Å². The molecule has 2 fully saturated rings. The summed E-state index contributed by atoms with van der Waals surface area (Å²) in [7, 11) is 0. The zero-order valence-corrected chi connectivity index (χ0v) is 10.8. The predicted molar refractivity (Wildman–Crippen MR) is 71.8 cm³/mol. The second kappa shape index (κ2) is 4.81. The number of rotatable bonds is 2. The highest BCUT2D eigenvalue weighted by Crippen LogP contribution is 2.40. The number of hydrogen-bond acceptors (Lipinski definition) is 1. The maximum atomic E-state index is 2.74. The van der Waals surface area contributed by atoms with E-state index in [2.05, 4.69) is 42.2 Å². The van der Waals surface area contributed by atoms with Crippen LogP contribution in [0.2, 0.25) is 0 Å². The summed E-state index contributed by atoms with van der Waals surface area (Å²) in [6.07, 6.45) is 5.81. The van der Waals surface area contributed by atoms with Gasteiger partial charge >= 0.3 is 0 Å². The molecule has 2 aliphatic rings. The van der Waals surface area contributed by atoms with Gasteiger partial charge in [0.2, 0.25) is 0 Å². The zero-order valence-electron chi connectivity index (χ0n) is 10.8. The molecule has 0 bridgehead atoms. The van der Waals surface area contributed by atoms with Gasteiger partial charge in [-0.25, -0.2) is 0 Å². The molecule has 1 aromatic rings. The molecule has 1 saturated heterocycles. The van der Waals surface area contributed by atoms with Crippen LogP contribution in [0.4, 0.5) is 0 Å². The lowest BCUT2D eigenvalue weighted by atomic mass is 9.80. The van der Waals surface area contributed by atoms with E-state index in [4.69, 9.17) is 0 Å². The number of benzene rings is 1. The lowest BCUT2D eigenvalue weighted by Gasteiger charge is -2.32. The molecule has 0 radical (unpaired) electrons. The first-order valence-electron chi connectivity index (χ1n) is 7.12. The fourth-order valence-corrected chi connectivity index (χ4v) is 3.90. The Labute approximate surface area is 105 Å². The van der Waals surface area contributed by atoms with Gasteiger partial charge in [-0.05, 0) is 30.2 Å². The van der Waals surface area contributed by atoms with E-state index >= 15 is 0 Å². The Kier molecular flexibility index (Phi) is 3.19. The van der Waals surface area contributed by atoms with E-state index in [1.54, 1.807) is 0 Å². The average Bonchev–Trinajstić information content (AvgIpc) is 2.69. The highest BCUT2D eigenvalue weighted by Gasteiger charge is 2.39. The Morgan fingerprint density at radius 1 is 1.12 bits per heavy atom. The fourth-order valence-electron chi connectivity index (χ4n) is 3.90. The maximum Gasteiger partial charge on any atom is 0.0236 e. The van der Waals surface area contributed by atoms with Gasteiger partial charge in [-0.15, -0.1) is 0 Å². The molecule has 0 spiro atoms. The van der Waals surface area contributed by atoms with E-state index in [1.165, 1.54) is 37.8 Å². The van der Waals surface area contributed by atoms with Gasteiger partial charge in [-0.2, -0.15) is 0 Å². The van der Waals surface area contributed by atoms with Gasteiger partial charge in [0.15, 0.2) is 0 Å². The molecule has 3 rings (SSSR count). The van der Waals surface area contributed by atoms with E-state index in [0.717, 1.165) is 24.4 Å². The molecule has 1 aromatic carbocycles. The minimum Gasteiger partial charge on any atom is -0.296 e. The Morgan fingerprint density at radius 3 is 2.71 bits per heavy atom. The van der Waals surface area contributed by atoms with Crippen LogP contribution in [0.15, 0.2) is 30.3 Å². The molecule has 17 heavy (non-hydrogen) atoms.